The predicted molar refractivity (Wildman–Crippen MR) is 78.9 cm³/mol. The molecule has 0 aliphatic carbocycles. The number of para-hydroxylation sites is 1. The summed E-state index contributed by atoms with van der Waals surface area (Å²) in [5.74, 6) is 0.806. The Morgan fingerprint density at radius 2 is 2.00 bits per heavy atom. The van der Waals surface area contributed by atoms with Crippen molar-refractivity contribution in [2.45, 2.75) is 38.8 Å². The SMILES string of the molecule is COc1ccccc1C[C@@H](N)CNC(=O)OC(C)(C)C. The van der Waals surface area contributed by atoms with Crippen molar-refractivity contribution in [3.63, 3.8) is 0 Å². The highest BCUT2D eigenvalue weighted by molar-refractivity contribution is 5.67. The summed E-state index contributed by atoms with van der Waals surface area (Å²) >= 11 is 0. The summed E-state index contributed by atoms with van der Waals surface area (Å²) in [6, 6.07) is 7.51. The number of rotatable bonds is 5. The number of nitrogens with one attached hydrogen (secondary N) is 1. The third-order valence-corrected chi connectivity index (χ3v) is 2.58. The molecule has 0 heterocycles. The molecular formula is C15H24N2O3. The van der Waals surface area contributed by atoms with Crippen LogP contribution in [0, 0.1) is 0 Å². The van der Waals surface area contributed by atoms with E-state index in [1.165, 1.54) is 0 Å². The van der Waals surface area contributed by atoms with Gasteiger partial charge in [0, 0.05) is 12.6 Å². The fourth-order valence-electron chi connectivity index (χ4n) is 1.75. The molecule has 0 saturated heterocycles. The summed E-state index contributed by atoms with van der Waals surface area (Å²) < 4.78 is 10.4. The van der Waals surface area contributed by atoms with Gasteiger partial charge in [-0.15, -0.1) is 0 Å². The molecule has 0 fully saturated rings. The van der Waals surface area contributed by atoms with E-state index in [2.05, 4.69) is 5.32 Å². The first-order valence-electron chi connectivity index (χ1n) is 6.66. The third kappa shape index (κ3) is 5.93. The van der Waals surface area contributed by atoms with Gasteiger partial charge in [0.2, 0.25) is 0 Å². The molecule has 0 aromatic heterocycles. The summed E-state index contributed by atoms with van der Waals surface area (Å²) in [6.07, 6.45) is 0.174. The second-order valence-corrected chi connectivity index (χ2v) is 5.66. The standard InChI is InChI=1S/C15H24N2O3/c1-15(2,3)20-14(18)17-10-12(16)9-11-7-5-6-8-13(11)19-4/h5-8,12H,9-10,16H2,1-4H3,(H,17,18)/t12-/m1/s1. The molecule has 0 aliphatic rings. The van der Waals surface area contributed by atoms with Crippen LogP contribution in [-0.4, -0.2) is 31.4 Å². The fraction of sp³-hybridized carbons (Fsp3) is 0.533. The van der Waals surface area contributed by atoms with Gasteiger partial charge in [0.15, 0.2) is 0 Å². The first-order valence-corrected chi connectivity index (χ1v) is 6.66. The lowest BCUT2D eigenvalue weighted by atomic mass is 10.1. The van der Waals surface area contributed by atoms with E-state index in [1.807, 2.05) is 45.0 Å². The Kier molecular flexibility index (Phi) is 5.82. The lowest BCUT2D eigenvalue weighted by Gasteiger charge is -2.21. The van der Waals surface area contributed by atoms with Crippen LogP contribution < -0.4 is 15.8 Å². The van der Waals surface area contributed by atoms with Gasteiger partial charge in [0.05, 0.1) is 7.11 Å². The number of nitrogens with two attached hydrogens (primary N) is 1. The van der Waals surface area contributed by atoms with Gasteiger partial charge in [0.1, 0.15) is 11.4 Å². The summed E-state index contributed by atoms with van der Waals surface area (Å²) in [6.45, 7) is 5.82. The highest BCUT2D eigenvalue weighted by Crippen LogP contribution is 2.18. The molecule has 3 N–H and O–H groups in total. The molecule has 5 nitrogen and oxygen atoms in total. The molecule has 0 radical (unpaired) electrons. The molecular weight excluding hydrogens is 256 g/mol. The molecule has 0 bridgehead atoms. The average molecular weight is 280 g/mol. The van der Waals surface area contributed by atoms with Gasteiger partial charge >= 0.3 is 6.09 Å². The number of benzene rings is 1. The maximum absolute atomic E-state index is 11.5. The third-order valence-electron chi connectivity index (χ3n) is 2.58. The Bertz CT molecular complexity index is 441. The van der Waals surface area contributed by atoms with Gasteiger partial charge < -0.3 is 20.5 Å². The van der Waals surface area contributed by atoms with Crippen LogP contribution in [0.4, 0.5) is 4.79 Å². The Balaban J connectivity index is 2.44. The molecule has 1 aromatic rings. The van der Waals surface area contributed by atoms with Crippen LogP contribution in [-0.2, 0) is 11.2 Å². The van der Waals surface area contributed by atoms with Crippen LogP contribution in [0.3, 0.4) is 0 Å². The number of hydrogen-bond acceptors (Lipinski definition) is 4. The van der Waals surface area contributed by atoms with Gasteiger partial charge in [-0.1, -0.05) is 18.2 Å². The Morgan fingerprint density at radius 1 is 1.35 bits per heavy atom. The minimum absolute atomic E-state index is 0.196. The first-order chi connectivity index (χ1) is 9.31. The summed E-state index contributed by atoms with van der Waals surface area (Å²) in [4.78, 5) is 11.5. The highest BCUT2D eigenvalue weighted by atomic mass is 16.6. The van der Waals surface area contributed by atoms with Crippen LogP contribution in [0.15, 0.2) is 24.3 Å². The van der Waals surface area contributed by atoms with Gasteiger partial charge in [-0.3, -0.25) is 0 Å². The van der Waals surface area contributed by atoms with Crippen LogP contribution in [0.1, 0.15) is 26.3 Å². The van der Waals surface area contributed by atoms with E-state index in [-0.39, 0.29) is 6.04 Å². The lowest BCUT2D eigenvalue weighted by molar-refractivity contribution is 0.0524. The summed E-state index contributed by atoms with van der Waals surface area (Å²) in [5.41, 5.74) is 6.53. The Hall–Kier alpha value is -1.75. The maximum atomic E-state index is 11.5. The number of carbonyl (C=O) groups is 1. The van der Waals surface area contributed by atoms with Crippen molar-refractivity contribution < 1.29 is 14.3 Å². The van der Waals surface area contributed by atoms with Crippen molar-refractivity contribution in [1.82, 2.24) is 5.32 Å². The number of amides is 1. The molecule has 0 saturated carbocycles. The zero-order valence-electron chi connectivity index (χ0n) is 12.6. The van der Waals surface area contributed by atoms with Crippen molar-refractivity contribution in [3.8, 4) is 5.75 Å². The first kappa shape index (κ1) is 16.3. The largest absolute Gasteiger partial charge is 0.496 e. The zero-order valence-corrected chi connectivity index (χ0v) is 12.6. The van der Waals surface area contributed by atoms with E-state index < -0.39 is 11.7 Å². The van der Waals surface area contributed by atoms with Crippen molar-refractivity contribution in [2.24, 2.45) is 5.73 Å². The van der Waals surface area contributed by atoms with Gasteiger partial charge in [-0.25, -0.2) is 4.79 Å². The number of alkyl carbamates (subject to hydrolysis) is 1. The second-order valence-electron chi connectivity index (χ2n) is 5.66. The van der Waals surface area contributed by atoms with E-state index in [4.69, 9.17) is 15.2 Å². The average Bonchev–Trinajstić information content (AvgIpc) is 2.35. The second kappa shape index (κ2) is 7.14. The molecule has 20 heavy (non-hydrogen) atoms. The smallest absolute Gasteiger partial charge is 0.407 e. The number of methoxy groups -OCH3 is 1. The van der Waals surface area contributed by atoms with E-state index in [0.717, 1.165) is 11.3 Å². The van der Waals surface area contributed by atoms with Crippen molar-refractivity contribution in [1.29, 1.82) is 0 Å². The normalized spacial score (nSPS) is 12.7. The molecule has 0 spiro atoms. The predicted octanol–water partition coefficient (Wildman–Crippen LogP) is 2.09. The monoisotopic (exact) mass is 280 g/mol. The van der Waals surface area contributed by atoms with E-state index in [1.54, 1.807) is 7.11 Å². The molecule has 112 valence electrons. The van der Waals surface area contributed by atoms with Crippen LogP contribution in [0.2, 0.25) is 0 Å². The quantitative estimate of drug-likeness (QED) is 0.866. The minimum Gasteiger partial charge on any atom is -0.496 e. The van der Waals surface area contributed by atoms with Gasteiger partial charge in [-0.05, 0) is 38.8 Å². The molecule has 1 atom stereocenters. The maximum Gasteiger partial charge on any atom is 0.407 e. The molecule has 5 heteroatoms. The van der Waals surface area contributed by atoms with E-state index in [9.17, 15) is 4.79 Å². The Labute approximate surface area is 120 Å². The molecule has 1 amide bonds. The zero-order chi connectivity index (χ0) is 15.2. The van der Waals surface area contributed by atoms with Crippen LogP contribution in [0.5, 0.6) is 5.75 Å². The lowest BCUT2D eigenvalue weighted by Crippen LogP contribution is -2.41. The summed E-state index contributed by atoms with van der Waals surface area (Å²) in [5, 5.41) is 2.67. The van der Waals surface area contributed by atoms with Gasteiger partial charge in [-0.2, -0.15) is 0 Å². The molecule has 1 aromatic carbocycles. The van der Waals surface area contributed by atoms with Gasteiger partial charge in [0.25, 0.3) is 0 Å². The van der Waals surface area contributed by atoms with Crippen LogP contribution in [0.25, 0.3) is 0 Å². The molecule has 0 unspecified atom stereocenters. The van der Waals surface area contributed by atoms with Crippen molar-refractivity contribution >= 4 is 6.09 Å². The fourth-order valence-corrected chi connectivity index (χ4v) is 1.75. The van der Waals surface area contributed by atoms with E-state index in [0.29, 0.717) is 13.0 Å². The topological polar surface area (TPSA) is 73.6 Å². The van der Waals surface area contributed by atoms with Crippen LogP contribution >= 0.6 is 0 Å². The molecule has 0 aliphatic heterocycles. The van der Waals surface area contributed by atoms with E-state index >= 15 is 0 Å². The Morgan fingerprint density at radius 3 is 2.60 bits per heavy atom. The minimum atomic E-state index is -0.503. The number of hydrogen-bond donors (Lipinski definition) is 2. The number of carbonyl (C=O) groups excluding carboxylic acids is 1. The number of ether oxygens (including phenoxy) is 2. The van der Waals surface area contributed by atoms with Crippen molar-refractivity contribution in [3.05, 3.63) is 29.8 Å². The highest BCUT2D eigenvalue weighted by Gasteiger charge is 2.17. The molecule has 1 rings (SSSR count). The van der Waals surface area contributed by atoms with Crippen molar-refractivity contribution in [2.75, 3.05) is 13.7 Å². The summed E-state index contributed by atoms with van der Waals surface area (Å²) in [7, 11) is 1.63.